The van der Waals surface area contributed by atoms with Crippen LogP contribution in [0.15, 0.2) is 96.5 Å². The van der Waals surface area contributed by atoms with E-state index in [1.807, 2.05) is 60.7 Å². The highest BCUT2D eigenvalue weighted by Crippen LogP contribution is 2.39. The molecule has 2 fully saturated rings. The van der Waals surface area contributed by atoms with Gasteiger partial charge >= 0.3 is 6.09 Å². The minimum atomic E-state index is -0.860. The highest BCUT2D eigenvalue weighted by Gasteiger charge is 2.53. The first kappa shape index (κ1) is 25.8. The second-order valence-corrected chi connectivity index (χ2v) is 8.96. The SMILES string of the molecule is C=C(O)C(CC=CCN(Cc1ccccc1)C(=O)OCc1ccccc1)=C1O[C@@H]2CC(=O)N2C1C(C)=O. The average molecular weight is 503 g/mol. The first-order valence-electron chi connectivity index (χ1n) is 12.1. The smallest absolute Gasteiger partial charge is 0.410 e. The van der Waals surface area contributed by atoms with Crippen molar-refractivity contribution in [2.24, 2.45) is 0 Å². The maximum atomic E-state index is 12.9. The van der Waals surface area contributed by atoms with Crippen molar-refractivity contribution in [1.82, 2.24) is 9.80 Å². The molecule has 0 spiro atoms. The van der Waals surface area contributed by atoms with E-state index < -0.39 is 18.4 Å². The molecule has 2 heterocycles. The Bertz CT molecular complexity index is 1220. The fourth-order valence-corrected chi connectivity index (χ4v) is 4.35. The van der Waals surface area contributed by atoms with Crippen LogP contribution >= 0.6 is 0 Å². The standard InChI is InChI=1S/C29H30N2O6/c1-20(32)24(28-27(21(2)33)31-25(34)17-26(31)37-28)15-9-10-16-30(18-22-11-5-3-6-12-22)29(35)36-19-23-13-7-4-8-14-23/h3-14,26-27,32H,1,15-19H2,2H3/t26-,27?/m1/s1. The van der Waals surface area contributed by atoms with Crippen LogP contribution in [0.25, 0.3) is 0 Å². The van der Waals surface area contributed by atoms with Crippen molar-refractivity contribution in [3.8, 4) is 0 Å². The van der Waals surface area contributed by atoms with Crippen LogP contribution in [0.3, 0.4) is 0 Å². The third-order valence-corrected chi connectivity index (χ3v) is 6.26. The Balaban J connectivity index is 1.45. The van der Waals surface area contributed by atoms with Crippen LogP contribution in [0.2, 0.25) is 0 Å². The molecule has 2 aliphatic heterocycles. The van der Waals surface area contributed by atoms with Gasteiger partial charge in [0.15, 0.2) is 18.1 Å². The minimum Gasteiger partial charge on any atom is -0.508 e. The van der Waals surface area contributed by atoms with Gasteiger partial charge in [0.25, 0.3) is 0 Å². The molecule has 2 saturated heterocycles. The lowest BCUT2D eigenvalue weighted by molar-refractivity contribution is -0.158. The van der Waals surface area contributed by atoms with Gasteiger partial charge in [-0.1, -0.05) is 79.4 Å². The monoisotopic (exact) mass is 502 g/mol. The van der Waals surface area contributed by atoms with Gasteiger partial charge in [-0.3, -0.25) is 14.5 Å². The van der Waals surface area contributed by atoms with Crippen molar-refractivity contribution < 1.29 is 29.0 Å². The number of carbonyl (C=O) groups is 3. The van der Waals surface area contributed by atoms with Gasteiger partial charge in [-0.25, -0.2) is 4.79 Å². The fourth-order valence-electron chi connectivity index (χ4n) is 4.35. The number of aliphatic hydroxyl groups excluding tert-OH is 1. The summed E-state index contributed by atoms with van der Waals surface area (Å²) in [6.45, 7) is 5.78. The van der Waals surface area contributed by atoms with Gasteiger partial charge in [-0.2, -0.15) is 0 Å². The summed E-state index contributed by atoms with van der Waals surface area (Å²) < 4.78 is 11.4. The molecule has 2 aromatic rings. The summed E-state index contributed by atoms with van der Waals surface area (Å²) in [4.78, 5) is 40.1. The lowest BCUT2D eigenvalue weighted by Crippen LogP contribution is -2.54. The van der Waals surface area contributed by atoms with E-state index in [1.54, 1.807) is 17.1 Å². The van der Waals surface area contributed by atoms with Crippen molar-refractivity contribution in [2.75, 3.05) is 6.54 Å². The first-order chi connectivity index (χ1) is 17.8. The number of β-lactam (4-membered cyclic amide) rings is 1. The Kier molecular flexibility index (Phi) is 8.08. The molecule has 2 amide bonds. The maximum absolute atomic E-state index is 12.9. The molecule has 2 aliphatic rings. The number of Topliss-reactive ketones (excluding diaryl/α,β-unsaturated/α-hetero) is 1. The Morgan fingerprint density at radius 3 is 2.35 bits per heavy atom. The summed E-state index contributed by atoms with van der Waals surface area (Å²) in [6, 6.07) is 18.2. The fraction of sp³-hybridized carbons (Fsp3) is 0.276. The van der Waals surface area contributed by atoms with Gasteiger partial charge in [0.05, 0.1) is 6.42 Å². The molecule has 1 unspecified atom stereocenters. The van der Waals surface area contributed by atoms with Crippen LogP contribution in [-0.4, -0.2) is 51.5 Å². The molecule has 4 rings (SSSR count). The van der Waals surface area contributed by atoms with Gasteiger partial charge in [0.2, 0.25) is 5.91 Å². The number of ketones is 1. The first-order valence-corrected chi connectivity index (χ1v) is 12.1. The predicted molar refractivity (Wildman–Crippen MR) is 137 cm³/mol. The van der Waals surface area contributed by atoms with E-state index in [4.69, 9.17) is 9.47 Å². The quantitative estimate of drug-likeness (QED) is 0.289. The third kappa shape index (κ3) is 6.09. The molecule has 8 heteroatoms. The Labute approximate surface area is 216 Å². The van der Waals surface area contributed by atoms with Gasteiger partial charge < -0.3 is 19.5 Å². The van der Waals surface area contributed by atoms with E-state index in [1.165, 1.54) is 11.8 Å². The molecule has 2 aromatic carbocycles. The van der Waals surface area contributed by atoms with Crippen LogP contribution in [-0.2, 0) is 32.2 Å². The molecular formula is C29H30N2O6. The summed E-state index contributed by atoms with van der Waals surface area (Å²) in [7, 11) is 0. The van der Waals surface area contributed by atoms with Gasteiger partial charge in [-0.15, -0.1) is 0 Å². The third-order valence-electron chi connectivity index (χ3n) is 6.26. The summed E-state index contributed by atoms with van der Waals surface area (Å²) in [5, 5.41) is 10.2. The molecular weight excluding hydrogens is 472 g/mol. The predicted octanol–water partition coefficient (Wildman–Crippen LogP) is 4.64. The second-order valence-electron chi connectivity index (χ2n) is 8.96. The molecule has 0 saturated carbocycles. The molecule has 37 heavy (non-hydrogen) atoms. The summed E-state index contributed by atoms with van der Waals surface area (Å²) in [6.07, 6.45) is 3.02. The largest absolute Gasteiger partial charge is 0.508 e. The highest BCUT2D eigenvalue weighted by atomic mass is 16.6. The Morgan fingerprint density at radius 1 is 1.11 bits per heavy atom. The number of fused-ring (bicyclic) bond motifs is 1. The van der Waals surface area contributed by atoms with Gasteiger partial charge in [0, 0.05) is 18.7 Å². The molecule has 0 aliphatic carbocycles. The van der Waals surface area contributed by atoms with Gasteiger partial charge in [-0.05, 0) is 24.5 Å². The molecule has 8 nitrogen and oxygen atoms in total. The Morgan fingerprint density at radius 2 is 1.76 bits per heavy atom. The number of hydrogen-bond acceptors (Lipinski definition) is 6. The minimum absolute atomic E-state index is 0.162. The van der Waals surface area contributed by atoms with Crippen molar-refractivity contribution in [2.45, 2.75) is 45.2 Å². The number of allylic oxidation sites excluding steroid dienone is 2. The van der Waals surface area contributed by atoms with E-state index in [9.17, 15) is 19.5 Å². The molecule has 0 radical (unpaired) electrons. The zero-order valence-corrected chi connectivity index (χ0v) is 20.7. The van der Waals surface area contributed by atoms with Crippen LogP contribution in [0.4, 0.5) is 4.79 Å². The molecule has 1 N–H and O–H groups in total. The van der Waals surface area contributed by atoms with Gasteiger partial charge in [0.1, 0.15) is 18.1 Å². The summed E-state index contributed by atoms with van der Waals surface area (Å²) in [5.74, 6) is -0.388. The number of nitrogens with zero attached hydrogens (tertiary/aromatic N) is 2. The topological polar surface area (TPSA) is 96.4 Å². The molecule has 192 valence electrons. The highest BCUT2D eigenvalue weighted by molar-refractivity contribution is 5.94. The van der Waals surface area contributed by atoms with E-state index >= 15 is 0 Å². The number of hydrogen-bond donors (Lipinski definition) is 1. The zero-order valence-electron chi connectivity index (χ0n) is 20.7. The lowest BCUT2D eigenvalue weighted by atomic mass is 10.00. The number of carbonyl (C=O) groups excluding carboxylic acids is 3. The number of benzene rings is 2. The zero-order chi connectivity index (χ0) is 26.4. The second kappa shape index (κ2) is 11.6. The number of ether oxygens (including phenoxy) is 2. The number of rotatable bonds is 10. The lowest BCUT2D eigenvalue weighted by Gasteiger charge is -2.33. The van der Waals surface area contributed by atoms with Crippen molar-refractivity contribution in [3.05, 3.63) is 108 Å². The maximum Gasteiger partial charge on any atom is 0.410 e. The van der Waals surface area contributed by atoms with E-state index in [-0.39, 0.29) is 49.2 Å². The molecule has 0 aromatic heterocycles. The molecule has 0 bridgehead atoms. The van der Waals surface area contributed by atoms with Crippen molar-refractivity contribution >= 4 is 17.8 Å². The number of aliphatic hydroxyl groups is 1. The van der Waals surface area contributed by atoms with E-state index in [2.05, 4.69) is 6.58 Å². The Hall–Kier alpha value is -4.33. The van der Waals surface area contributed by atoms with Crippen molar-refractivity contribution in [1.29, 1.82) is 0 Å². The van der Waals surface area contributed by atoms with Crippen LogP contribution in [0, 0.1) is 0 Å². The summed E-state index contributed by atoms with van der Waals surface area (Å²) in [5.41, 5.74) is 2.19. The van der Waals surface area contributed by atoms with Crippen LogP contribution in [0.5, 0.6) is 0 Å². The van der Waals surface area contributed by atoms with E-state index in [0.717, 1.165) is 11.1 Å². The van der Waals surface area contributed by atoms with Crippen LogP contribution < -0.4 is 0 Å². The molecule has 2 atom stereocenters. The number of amides is 2. The normalized spacial score (nSPS) is 19.6. The van der Waals surface area contributed by atoms with E-state index in [0.29, 0.717) is 12.1 Å². The van der Waals surface area contributed by atoms with Crippen LogP contribution in [0.1, 0.15) is 30.9 Å². The summed E-state index contributed by atoms with van der Waals surface area (Å²) >= 11 is 0. The average Bonchev–Trinajstić information content (AvgIpc) is 3.20. The van der Waals surface area contributed by atoms with Crippen molar-refractivity contribution in [3.63, 3.8) is 0 Å².